The van der Waals surface area contributed by atoms with Gasteiger partial charge in [-0.25, -0.2) is 0 Å². The zero-order valence-corrected chi connectivity index (χ0v) is 14.3. The first-order valence-electron chi connectivity index (χ1n) is 8.69. The van der Waals surface area contributed by atoms with Crippen molar-refractivity contribution < 1.29 is 23.9 Å². The van der Waals surface area contributed by atoms with Gasteiger partial charge in [0.2, 0.25) is 0 Å². The fourth-order valence-corrected chi connectivity index (χ4v) is 4.75. The molecule has 0 radical (unpaired) electrons. The monoisotopic (exact) mass is 343 g/mol. The predicted molar refractivity (Wildman–Crippen MR) is 88.6 cm³/mol. The molecule has 1 aromatic rings. The van der Waals surface area contributed by atoms with Crippen LogP contribution in [0.5, 0.6) is 0 Å². The van der Waals surface area contributed by atoms with Crippen molar-refractivity contribution in [2.24, 2.45) is 23.7 Å². The van der Waals surface area contributed by atoms with Crippen molar-refractivity contribution in [2.75, 3.05) is 11.9 Å². The van der Waals surface area contributed by atoms with E-state index in [1.807, 2.05) is 32.0 Å². The van der Waals surface area contributed by atoms with Crippen molar-refractivity contribution in [3.05, 3.63) is 29.3 Å². The molecule has 6 heteroatoms. The molecule has 0 aromatic heterocycles. The average Bonchev–Trinajstić information content (AvgIpc) is 3.18. The van der Waals surface area contributed by atoms with Crippen LogP contribution in [0.15, 0.2) is 18.2 Å². The molecule has 132 valence electrons. The Morgan fingerprint density at radius 1 is 1.24 bits per heavy atom. The summed E-state index contributed by atoms with van der Waals surface area (Å²) in [5.41, 5.74) is 2.64. The van der Waals surface area contributed by atoms with E-state index in [1.54, 1.807) is 0 Å². The van der Waals surface area contributed by atoms with Crippen LogP contribution in [0.2, 0.25) is 0 Å². The van der Waals surface area contributed by atoms with E-state index in [2.05, 4.69) is 5.32 Å². The number of fused-ring (bicyclic) bond motifs is 1. The van der Waals surface area contributed by atoms with Gasteiger partial charge in [-0.1, -0.05) is 18.2 Å². The fraction of sp³-hybridized carbons (Fsp3) is 0.526. The maximum atomic E-state index is 12.4. The normalized spacial score (nSPS) is 31.8. The van der Waals surface area contributed by atoms with Crippen molar-refractivity contribution in [3.63, 3.8) is 0 Å². The topological polar surface area (TPSA) is 81.7 Å². The molecule has 2 bridgehead atoms. The summed E-state index contributed by atoms with van der Waals surface area (Å²) >= 11 is 0. The minimum atomic E-state index is -0.454. The predicted octanol–water partition coefficient (Wildman–Crippen LogP) is 1.98. The maximum absolute atomic E-state index is 12.4. The van der Waals surface area contributed by atoms with Gasteiger partial charge in [0.05, 0.1) is 11.8 Å². The van der Waals surface area contributed by atoms with Gasteiger partial charge in [-0.05, 0) is 43.7 Å². The highest BCUT2D eigenvalue weighted by Gasteiger charge is 2.64. The molecule has 1 N–H and O–H groups in total. The number of nitrogens with one attached hydrogen (secondary N) is 1. The van der Waals surface area contributed by atoms with Gasteiger partial charge >= 0.3 is 11.9 Å². The largest absolute Gasteiger partial charge is 0.462 e. The molecule has 1 aromatic carbocycles. The Balaban J connectivity index is 1.36. The molecule has 0 unspecified atom stereocenters. The summed E-state index contributed by atoms with van der Waals surface area (Å²) in [6.07, 6.45) is 1.57. The Morgan fingerprint density at radius 3 is 2.68 bits per heavy atom. The summed E-state index contributed by atoms with van der Waals surface area (Å²) < 4.78 is 10.6. The number of esters is 2. The van der Waals surface area contributed by atoms with Gasteiger partial charge in [-0.2, -0.15) is 0 Å². The molecule has 1 aliphatic heterocycles. The van der Waals surface area contributed by atoms with Crippen LogP contribution in [0, 0.1) is 37.5 Å². The van der Waals surface area contributed by atoms with E-state index in [1.165, 1.54) is 0 Å². The third kappa shape index (κ3) is 2.60. The second-order valence-corrected chi connectivity index (χ2v) is 7.34. The highest BCUT2D eigenvalue weighted by molar-refractivity contribution is 5.94. The molecule has 3 fully saturated rings. The highest BCUT2D eigenvalue weighted by atomic mass is 16.6. The summed E-state index contributed by atoms with van der Waals surface area (Å²) in [7, 11) is 0. The molecule has 1 amide bonds. The number of anilines is 1. The zero-order chi connectivity index (χ0) is 17.7. The van der Waals surface area contributed by atoms with Crippen LogP contribution in [0.1, 0.15) is 24.0 Å². The third-order valence-corrected chi connectivity index (χ3v) is 5.85. The van der Waals surface area contributed by atoms with Gasteiger partial charge in [0.25, 0.3) is 5.91 Å². The van der Waals surface area contributed by atoms with Gasteiger partial charge in [0.15, 0.2) is 6.61 Å². The number of para-hydroxylation sites is 1. The minimum absolute atomic E-state index is 0.0149. The van der Waals surface area contributed by atoms with E-state index in [4.69, 9.17) is 9.47 Å². The lowest BCUT2D eigenvalue weighted by Crippen LogP contribution is -2.35. The molecule has 2 aliphatic carbocycles. The lowest BCUT2D eigenvalue weighted by molar-refractivity contribution is -0.157. The van der Waals surface area contributed by atoms with Gasteiger partial charge in [0.1, 0.15) is 6.10 Å². The molecular formula is C19H21NO5. The SMILES string of the molecule is Cc1cccc(C)c1NC(=O)COC(=O)[C@H]1[C@@H]2C[C@@H]3[C@@H]1C(=O)O[C@@H]3C2. The Bertz CT molecular complexity index is 736. The van der Waals surface area contributed by atoms with E-state index in [0.717, 1.165) is 29.7 Å². The number of carbonyl (C=O) groups is 3. The van der Waals surface area contributed by atoms with Crippen LogP contribution in [0.4, 0.5) is 5.69 Å². The highest BCUT2D eigenvalue weighted by Crippen LogP contribution is 2.57. The molecule has 25 heavy (non-hydrogen) atoms. The smallest absolute Gasteiger partial charge is 0.310 e. The van der Waals surface area contributed by atoms with Gasteiger partial charge in [0, 0.05) is 11.6 Å². The third-order valence-electron chi connectivity index (χ3n) is 5.85. The van der Waals surface area contributed by atoms with Gasteiger partial charge < -0.3 is 14.8 Å². The molecule has 2 saturated carbocycles. The minimum Gasteiger partial charge on any atom is -0.462 e. The number of hydrogen-bond acceptors (Lipinski definition) is 5. The number of benzene rings is 1. The van der Waals surface area contributed by atoms with Crippen LogP contribution in [-0.4, -0.2) is 30.6 Å². The van der Waals surface area contributed by atoms with Crippen LogP contribution < -0.4 is 5.32 Å². The summed E-state index contributed by atoms with van der Waals surface area (Å²) in [5.74, 6) is -1.65. The second-order valence-electron chi connectivity index (χ2n) is 7.34. The maximum Gasteiger partial charge on any atom is 0.310 e. The Morgan fingerprint density at radius 2 is 1.96 bits per heavy atom. The molecule has 3 aliphatic rings. The summed E-state index contributed by atoms with van der Waals surface area (Å²) in [6, 6.07) is 5.74. The summed E-state index contributed by atoms with van der Waals surface area (Å²) in [4.78, 5) is 36.5. The summed E-state index contributed by atoms with van der Waals surface area (Å²) in [6.45, 7) is 3.48. The van der Waals surface area contributed by atoms with Crippen molar-refractivity contribution in [3.8, 4) is 0 Å². The fourth-order valence-electron chi connectivity index (χ4n) is 4.75. The van der Waals surface area contributed by atoms with Crippen molar-refractivity contribution >= 4 is 23.5 Å². The summed E-state index contributed by atoms with van der Waals surface area (Å²) in [5, 5.41) is 2.79. The molecule has 0 spiro atoms. The molecule has 1 saturated heterocycles. The van der Waals surface area contributed by atoms with Crippen LogP contribution in [0.3, 0.4) is 0 Å². The van der Waals surface area contributed by atoms with Gasteiger partial charge in [-0.15, -0.1) is 0 Å². The molecular weight excluding hydrogens is 322 g/mol. The number of rotatable bonds is 4. The van der Waals surface area contributed by atoms with Crippen LogP contribution in [-0.2, 0) is 23.9 Å². The van der Waals surface area contributed by atoms with Crippen molar-refractivity contribution in [2.45, 2.75) is 32.8 Å². The zero-order valence-electron chi connectivity index (χ0n) is 14.3. The van der Waals surface area contributed by atoms with E-state index < -0.39 is 11.9 Å². The second kappa shape index (κ2) is 5.86. The Kier molecular flexibility index (Phi) is 3.78. The first-order valence-corrected chi connectivity index (χ1v) is 8.69. The number of amides is 1. The standard InChI is InChI=1S/C19H21NO5/c1-9-4-3-5-10(2)17(9)20-14(21)8-24-18(22)15-11-6-12-13(7-11)25-19(23)16(12)15/h3-5,11-13,15-16H,6-8H2,1-2H3,(H,20,21)/t11-,12+,13-,15+,16+/m1/s1. The number of carbonyl (C=O) groups excluding carboxylic acids is 3. The van der Waals surface area contributed by atoms with Gasteiger partial charge in [-0.3, -0.25) is 14.4 Å². The Labute approximate surface area is 145 Å². The van der Waals surface area contributed by atoms with Crippen molar-refractivity contribution in [1.29, 1.82) is 0 Å². The van der Waals surface area contributed by atoms with Crippen LogP contribution >= 0.6 is 0 Å². The number of aryl methyl sites for hydroxylation is 2. The first-order chi connectivity index (χ1) is 12.0. The number of ether oxygens (including phenoxy) is 2. The number of hydrogen-bond donors (Lipinski definition) is 1. The molecule has 6 nitrogen and oxygen atoms in total. The van der Waals surface area contributed by atoms with Crippen LogP contribution in [0.25, 0.3) is 0 Å². The molecule has 5 atom stereocenters. The molecule has 4 rings (SSSR count). The first kappa shape index (κ1) is 16.1. The lowest BCUT2D eigenvalue weighted by Gasteiger charge is -2.22. The van der Waals surface area contributed by atoms with E-state index in [0.29, 0.717) is 0 Å². The van der Waals surface area contributed by atoms with E-state index >= 15 is 0 Å². The quantitative estimate of drug-likeness (QED) is 0.846. The molecule has 1 heterocycles. The average molecular weight is 343 g/mol. The van der Waals surface area contributed by atoms with Crippen molar-refractivity contribution in [1.82, 2.24) is 0 Å². The van der Waals surface area contributed by atoms with E-state index in [9.17, 15) is 14.4 Å². The lowest BCUT2D eigenvalue weighted by atomic mass is 9.80. The van der Waals surface area contributed by atoms with E-state index in [-0.39, 0.29) is 42.3 Å². The Hall–Kier alpha value is -2.37.